The van der Waals surface area contributed by atoms with E-state index in [1.165, 1.54) is 6.42 Å². The van der Waals surface area contributed by atoms with Crippen LogP contribution in [0.1, 0.15) is 52.4 Å². The van der Waals surface area contributed by atoms with Crippen molar-refractivity contribution in [2.24, 2.45) is 11.1 Å². The smallest absolute Gasteiger partial charge is 0.140 e. The minimum atomic E-state index is -0.309. The van der Waals surface area contributed by atoms with Gasteiger partial charge in [0, 0.05) is 25.0 Å². The Labute approximate surface area is 98.7 Å². The molecule has 94 valence electrons. The zero-order valence-electron chi connectivity index (χ0n) is 10.6. The highest BCUT2D eigenvalue weighted by molar-refractivity contribution is 5.84. The van der Waals surface area contributed by atoms with Crippen LogP contribution < -0.4 is 5.73 Å². The van der Waals surface area contributed by atoms with Gasteiger partial charge >= 0.3 is 0 Å². The molecule has 0 aromatic rings. The van der Waals surface area contributed by atoms with Gasteiger partial charge in [0.25, 0.3) is 0 Å². The summed E-state index contributed by atoms with van der Waals surface area (Å²) in [6.45, 7) is 5.36. The van der Waals surface area contributed by atoms with E-state index >= 15 is 0 Å². The minimum Gasteiger partial charge on any atom is -0.378 e. The predicted molar refractivity (Wildman–Crippen MR) is 65.3 cm³/mol. The summed E-state index contributed by atoms with van der Waals surface area (Å²) in [6, 6.07) is 0. The van der Waals surface area contributed by atoms with Crippen molar-refractivity contribution in [3.63, 3.8) is 0 Å². The summed E-state index contributed by atoms with van der Waals surface area (Å²) in [5, 5.41) is 0. The molecule has 0 aromatic heterocycles. The molecule has 0 aliphatic carbocycles. The largest absolute Gasteiger partial charge is 0.378 e. The number of ether oxygens (including phenoxy) is 1. The molecule has 1 heterocycles. The zero-order chi connectivity index (χ0) is 12.0. The molecular formula is C13H25NO2. The molecular weight excluding hydrogens is 202 g/mol. The van der Waals surface area contributed by atoms with Crippen LogP contribution in [0.2, 0.25) is 0 Å². The van der Waals surface area contributed by atoms with Crippen molar-refractivity contribution in [1.29, 1.82) is 0 Å². The average molecular weight is 227 g/mol. The zero-order valence-corrected chi connectivity index (χ0v) is 10.6. The summed E-state index contributed by atoms with van der Waals surface area (Å²) in [5.41, 5.74) is 5.36. The van der Waals surface area contributed by atoms with E-state index in [2.05, 4.69) is 0 Å². The van der Waals surface area contributed by atoms with Crippen molar-refractivity contribution in [2.75, 3.05) is 13.2 Å². The Kier molecular flexibility index (Phi) is 5.42. The monoisotopic (exact) mass is 227 g/mol. The molecule has 2 unspecified atom stereocenters. The van der Waals surface area contributed by atoms with Crippen molar-refractivity contribution in [2.45, 2.75) is 58.5 Å². The van der Waals surface area contributed by atoms with Gasteiger partial charge in [-0.1, -0.05) is 13.8 Å². The van der Waals surface area contributed by atoms with Gasteiger partial charge in [-0.25, -0.2) is 0 Å². The highest BCUT2D eigenvalue weighted by atomic mass is 16.5. The first-order valence-corrected chi connectivity index (χ1v) is 6.47. The molecule has 2 N–H and O–H groups in total. The van der Waals surface area contributed by atoms with E-state index in [4.69, 9.17) is 10.5 Å². The standard InChI is InChI=1S/C13H25NO2/c1-3-13(2,10-14)12(15)8-4-6-11-7-5-9-16-11/h11H,3-10,14H2,1-2H3. The molecule has 2 atom stereocenters. The second-order valence-electron chi connectivity index (χ2n) is 5.07. The SMILES string of the molecule is CCC(C)(CN)C(=O)CCCC1CCCO1. The van der Waals surface area contributed by atoms with Crippen LogP contribution in [0.5, 0.6) is 0 Å². The van der Waals surface area contributed by atoms with Crippen molar-refractivity contribution in [3.8, 4) is 0 Å². The van der Waals surface area contributed by atoms with E-state index < -0.39 is 0 Å². The lowest BCUT2D eigenvalue weighted by molar-refractivity contribution is -0.127. The molecule has 0 amide bonds. The minimum absolute atomic E-state index is 0.309. The first-order valence-electron chi connectivity index (χ1n) is 6.47. The molecule has 3 nitrogen and oxygen atoms in total. The van der Waals surface area contributed by atoms with Gasteiger partial charge in [0.15, 0.2) is 0 Å². The summed E-state index contributed by atoms with van der Waals surface area (Å²) in [5.74, 6) is 0.315. The van der Waals surface area contributed by atoms with Crippen LogP contribution in [0.25, 0.3) is 0 Å². The molecule has 0 radical (unpaired) electrons. The lowest BCUT2D eigenvalue weighted by Gasteiger charge is -2.24. The summed E-state index contributed by atoms with van der Waals surface area (Å²) in [6.07, 6.45) is 6.20. The maximum absolute atomic E-state index is 12.0. The van der Waals surface area contributed by atoms with Crippen LogP contribution in [-0.2, 0) is 9.53 Å². The van der Waals surface area contributed by atoms with Crippen molar-refractivity contribution in [3.05, 3.63) is 0 Å². The van der Waals surface area contributed by atoms with Crippen molar-refractivity contribution < 1.29 is 9.53 Å². The quantitative estimate of drug-likeness (QED) is 0.726. The summed E-state index contributed by atoms with van der Waals surface area (Å²) in [7, 11) is 0. The number of rotatable bonds is 7. The van der Waals surface area contributed by atoms with Crippen molar-refractivity contribution >= 4 is 5.78 Å². The van der Waals surface area contributed by atoms with E-state index in [0.29, 0.717) is 24.9 Å². The van der Waals surface area contributed by atoms with E-state index in [1.54, 1.807) is 0 Å². The Hall–Kier alpha value is -0.410. The maximum atomic E-state index is 12.0. The van der Waals surface area contributed by atoms with Gasteiger partial charge in [-0.15, -0.1) is 0 Å². The van der Waals surface area contributed by atoms with E-state index in [-0.39, 0.29) is 5.41 Å². The normalized spacial score (nSPS) is 24.3. The Balaban J connectivity index is 2.23. The van der Waals surface area contributed by atoms with Gasteiger partial charge in [-0.2, -0.15) is 0 Å². The highest BCUT2D eigenvalue weighted by Gasteiger charge is 2.28. The van der Waals surface area contributed by atoms with Gasteiger partial charge in [-0.3, -0.25) is 4.79 Å². The predicted octanol–water partition coefficient (Wildman–Crippen LogP) is 2.28. The van der Waals surface area contributed by atoms with Crippen LogP contribution in [0.3, 0.4) is 0 Å². The lowest BCUT2D eigenvalue weighted by atomic mass is 9.81. The number of nitrogens with two attached hydrogens (primary N) is 1. The third kappa shape index (κ3) is 3.56. The Bertz CT molecular complexity index is 218. The van der Waals surface area contributed by atoms with Gasteiger partial charge in [0.1, 0.15) is 5.78 Å². The Morgan fingerprint density at radius 1 is 1.56 bits per heavy atom. The fraction of sp³-hybridized carbons (Fsp3) is 0.923. The molecule has 0 spiro atoms. The van der Waals surface area contributed by atoms with E-state index in [9.17, 15) is 4.79 Å². The molecule has 0 aromatic carbocycles. The second-order valence-corrected chi connectivity index (χ2v) is 5.07. The van der Waals surface area contributed by atoms with E-state index in [0.717, 1.165) is 32.3 Å². The van der Waals surface area contributed by atoms with Gasteiger partial charge in [0.2, 0.25) is 0 Å². The third-order valence-corrected chi connectivity index (χ3v) is 3.86. The number of hydrogen-bond acceptors (Lipinski definition) is 3. The van der Waals surface area contributed by atoms with Gasteiger partial charge < -0.3 is 10.5 Å². The number of carbonyl (C=O) groups is 1. The average Bonchev–Trinajstić information content (AvgIpc) is 2.80. The molecule has 0 bridgehead atoms. The Morgan fingerprint density at radius 3 is 2.81 bits per heavy atom. The lowest BCUT2D eigenvalue weighted by Crippen LogP contribution is -2.35. The molecule has 1 fully saturated rings. The Morgan fingerprint density at radius 2 is 2.31 bits per heavy atom. The number of ketones is 1. The number of hydrogen-bond donors (Lipinski definition) is 1. The molecule has 0 saturated carbocycles. The molecule has 3 heteroatoms. The maximum Gasteiger partial charge on any atom is 0.140 e. The van der Waals surface area contributed by atoms with Crippen molar-refractivity contribution in [1.82, 2.24) is 0 Å². The summed E-state index contributed by atoms with van der Waals surface area (Å²) < 4.78 is 5.54. The second kappa shape index (κ2) is 6.36. The van der Waals surface area contributed by atoms with Crippen LogP contribution in [-0.4, -0.2) is 25.0 Å². The molecule has 16 heavy (non-hydrogen) atoms. The van der Waals surface area contributed by atoms with E-state index in [1.807, 2.05) is 13.8 Å². The van der Waals surface area contributed by atoms with Gasteiger partial charge in [-0.05, 0) is 32.1 Å². The molecule has 1 aliphatic rings. The van der Waals surface area contributed by atoms with Gasteiger partial charge in [0.05, 0.1) is 6.10 Å². The summed E-state index contributed by atoms with van der Waals surface area (Å²) >= 11 is 0. The van der Waals surface area contributed by atoms with Crippen LogP contribution in [0, 0.1) is 5.41 Å². The molecule has 1 aliphatic heterocycles. The van der Waals surface area contributed by atoms with Crippen LogP contribution in [0.4, 0.5) is 0 Å². The first-order chi connectivity index (χ1) is 7.62. The fourth-order valence-electron chi connectivity index (χ4n) is 2.12. The first kappa shape index (κ1) is 13.7. The number of Topliss-reactive ketones (excluding diaryl/α,β-unsaturated/α-hetero) is 1. The molecule has 1 saturated heterocycles. The number of carbonyl (C=O) groups excluding carboxylic acids is 1. The van der Waals surface area contributed by atoms with Crippen LogP contribution in [0.15, 0.2) is 0 Å². The molecule has 1 rings (SSSR count). The van der Waals surface area contributed by atoms with Crippen LogP contribution >= 0.6 is 0 Å². The third-order valence-electron chi connectivity index (χ3n) is 3.86. The topological polar surface area (TPSA) is 52.3 Å². The fourth-order valence-corrected chi connectivity index (χ4v) is 2.12. The summed E-state index contributed by atoms with van der Waals surface area (Å²) in [4.78, 5) is 12.0. The highest BCUT2D eigenvalue weighted by Crippen LogP contribution is 2.24.